The second-order valence-electron chi connectivity index (χ2n) is 5.22. The van der Waals surface area contributed by atoms with Crippen molar-refractivity contribution in [3.05, 3.63) is 17.5 Å². The molecule has 0 atom stereocenters. The molecule has 0 saturated carbocycles. The van der Waals surface area contributed by atoms with E-state index in [9.17, 15) is 22.0 Å². The maximum Gasteiger partial charge on any atom is 0.355 e. The summed E-state index contributed by atoms with van der Waals surface area (Å²) in [5, 5.41) is -2.00. The van der Waals surface area contributed by atoms with Gasteiger partial charge in [-0.25, -0.2) is 22.9 Å². The summed E-state index contributed by atoms with van der Waals surface area (Å²) < 4.78 is 65.6. The van der Waals surface area contributed by atoms with Crippen LogP contribution < -0.4 is 19.5 Å². The number of carbonyl (C=O) groups excluding carboxylic acids is 1. The molecule has 2 heterocycles. The molecule has 0 aliphatic carbocycles. The van der Waals surface area contributed by atoms with Crippen LogP contribution in [0.3, 0.4) is 0 Å². The van der Waals surface area contributed by atoms with Crippen LogP contribution in [0.15, 0.2) is 11.0 Å². The van der Waals surface area contributed by atoms with Crippen LogP contribution in [0.2, 0.25) is 0 Å². The van der Waals surface area contributed by atoms with Gasteiger partial charge in [-0.2, -0.15) is 18.1 Å². The summed E-state index contributed by atoms with van der Waals surface area (Å²) in [5.74, 6) is -0.0517. The highest BCUT2D eigenvalue weighted by atomic mass is 35.5. The number of sulfonamides is 1. The van der Waals surface area contributed by atoms with Gasteiger partial charge in [-0.15, -0.1) is 0 Å². The Morgan fingerprint density at radius 1 is 1.36 bits per heavy atom. The molecule has 0 aliphatic rings. The summed E-state index contributed by atoms with van der Waals surface area (Å²) in [6.07, 6.45) is 0. The van der Waals surface area contributed by atoms with E-state index < -0.39 is 38.0 Å². The molecule has 15 heteroatoms. The molecule has 0 fully saturated rings. The van der Waals surface area contributed by atoms with Crippen molar-refractivity contribution in [2.24, 2.45) is 0 Å². The maximum absolute atomic E-state index is 12.8. The summed E-state index contributed by atoms with van der Waals surface area (Å²) >= 11 is 5.27. The average Bonchev–Trinajstić information content (AvgIpc) is 2.92. The molecule has 0 spiro atoms. The highest BCUT2D eigenvalue weighted by molar-refractivity contribution is 7.90. The summed E-state index contributed by atoms with van der Waals surface area (Å²) in [6.45, 7) is 1.64. The number of halogens is 3. The van der Waals surface area contributed by atoms with Crippen molar-refractivity contribution in [2.45, 2.75) is 24.1 Å². The lowest BCUT2D eigenvalue weighted by molar-refractivity contribution is 0.0397. The van der Waals surface area contributed by atoms with Crippen LogP contribution in [0, 0.1) is 13.8 Å². The topological polar surface area (TPSA) is 132 Å². The van der Waals surface area contributed by atoms with Crippen LogP contribution in [0.25, 0.3) is 0 Å². The fourth-order valence-corrected chi connectivity index (χ4v) is 4.20. The van der Waals surface area contributed by atoms with Gasteiger partial charge >= 0.3 is 11.4 Å². The van der Waals surface area contributed by atoms with E-state index in [0.717, 1.165) is 0 Å². The van der Waals surface area contributed by atoms with Crippen molar-refractivity contribution in [1.82, 2.24) is 19.1 Å². The number of rotatable bonds is 7. The molecular weight excluding hydrogens is 444 g/mol. The Hall–Kier alpha value is -2.32. The highest BCUT2D eigenvalue weighted by Crippen LogP contribution is 2.33. The molecule has 0 aliphatic heterocycles. The van der Waals surface area contributed by atoms with E-state index in [1.54, 1.807) is 11.6 Å². The third kappa shape index (κ3) is 5.84. The summed E-state index contributed by atoms with van der Waals surface area (Å²) in [5.41, 5.74) is 0.409. The summed E-state index contributed by atoms with van der Waals surface area (Å²) in [7, 11) is -3.15. The van der Waals surface area contributed by atoms with Crippen molar-refractivity contribution >= 4 is 45.1 Å². The number of carbonyl (C=O) groups is 1. The molecule has 0 saturated heterocycles. The van der Waals surface area contributed by atoms with Gasteiger partial charge in [0.1, 0.15) is 0 Å². The second-order valence-corrected chi connectivity index (χ2v) is 8.13. The van der Waals surface area contributed by atoms with E-state index in [1.165, 1.54) is 20.1 Å². The first-order valence-electron chi connectivity index (χ1n) is 7.30. The van der Waals surface area contributed by atoms with E-state index >= 15 is 0 Å². The molecule has 2 rings (SSSR count). The predicted molar refractivity (Wildman–Crippen MR) is 95.8 cm³/mol. The standard InChI is InChI=1S/C13H14ClF2N5O5S2/c1-6-4-8(25-3)18-11(17-6)19-12(22)21-28(23,24)9-7(2)20-27-10(9)26-5-13(14,15)16/h4H,5H2,1-3H3,(H2,17,18,19,21,22). The number of nitrogens with one attached hydrogen (secondary N) is 2. The van der Waals surface area contributed by atoms with Crippen LogP contribution >= 0.6 is 23.1 Å². The highest BCUT2D eigenvalue weighted by Gasteiger charge is 2.31. The molecule has 2 N–H and O–H groups in total. The van der Waals surface area contributed by atoms with Crippen molar-refractivity contribution in [3.8, 4) is 10.9 Å². The number of aryl methyl sites for hydroxylation is 2. The van der Waals surface area contributed by atoms with Gasteiger partial charge in [-0.3, -0.25) is 5.32 Å². The van der Waals surface area contributed by atoms with Crippen LogP contribution in [0.1, 0.15) is 11.4 Å². The minimum Gasteiger partial charge on any atom is -0.481 e. The van der Waals surface area contributed by atoms with Gasteiger partial charge in [-0.1, -0.05) is 0 Å². The van der Waals surface area contributed by atoms with Crippen molar-refractivity contribution < 1.29 is 31.5 Å². The number of alkyl halides is 3. The fraction of sp³-hybridized carbons (Fsp3) is 0.385. The Bertz CT molecular complexity index is 980. The van der Waals surface area contributed by atoms with Crippen LogP contribution in [-0.2, 0) is 10.0 Å². The van der Waals surface area contributed by atoms with Gasteiger partial charge in [0.2, 0.25) is 16.9 Å². The summed E-state index contributed by atoms with van der Waals surface area (Å²) in [4.78, 5) is 19.3. The molecule has 154 valence electrons. The molecule has 2 aromatic heterocycles. The number of amides is 2. The Morgan fingerprint density at radius 2 is 2.04 bits per heavy atom. The predicted octanol–water partition coefficient (Wildman–Crippen LogP) is 2.28. The Balaban J connectivity index is 2.18. The van der Waals surface area contributed by atoms with Crippen molar-refractivity contribution in [2.75, 3.05) is 19.0 Å². The Morgan fingerprint density at radius 3 is 2.64 bits per heavy atom. The molecule has 10 nitrogen and oxygen atoms in total. The lowest BCUT2D eigenvalue weighted by Crippen LogP contribution is -2.35. The minimum atomic E-state index is -4.51. The number of anilines is 1. The van der Waals surface area contributed by atoms with Crippen molar-refractivity contribution in [3.63, 3.8) is 0 Å². The zero-order valence-electron chi connectivity index (χ0n) is 14.6. The van der Waals surface area contributed by atoms with Crippen LogP contribution in [0.5, 0.6) is 10.9 Å². The van der Waals surface area contributed by atoms with Crippen LogP contribution in [0.4, 0.5) is 19.5 Å². The number of urea groups is 1. The zero-order chi connectivity index (χ0) is 21.1. The maximum atomic E-state index is 12.8. The average molecular weight is 458 g/mol. The van der Waals surface area contributed by atoms with E-state index in [0.29, 0.717) is 17.2 Å². The molecular formula is C13H14ClF2N5O5S2. The van der Waals surface area contributed by atoms with Gasteiger partial charge in [0, 0.05) is 23.3 Å². The number of hydrogen-bond acceptors (Lipinski definition) is 9. The molecule has 28 heavy (non-hydrogen) atoms. The fourth-order valence-electron chi connectivity index (χ4n) is 1.88. The van der Waals surface area contributed by atoms with Crippen molar-refractivity contribution in [1.29, 1.82) is 0 Å². The smallest absolute Gasteiger partial charge is 0.355 e. The van der Waals surface area contributed by atoms with E-state index in [4.69, 9.17) is 21.1 Å². The summed E-state index contributed by atoms with van der Waals surface area (Å²) in [6, 6.07) is 0.308. The molecule has 2 aromatic rings. The molecule has 0 unspecified atom stereocenters. The number of aromatic nitrogens is 3. The lowest BCUT2D eigenvalue weighted by Gasteiger charge is -2.12. The zero-order valence-corrected chi connectivity index (χ0v) is 17.0. The minimum absolute atomic E-state index is 0.0494. The number of methoxy groups -OCH3 is 1. The van der Waals surface area contributed by atoms with E-state index in [1.807, 2.05) is 0 Å². The molecule has 2 amide bonds. The monoisotopic (exact) mass is 457 g/mol. The first-order chi connectivity index (χ1) is 12.9. The van der Waals surface area contributed by atoms with Gasteiger partial charge in [0.05, 0.1) is 12.8 Å². The first kappa shape index (κ1) is 22.0. The van der Waals surface area contributed by atoms with Gasteiger partial charge < -0.3 is 9.47 Å². The number of hydrogen-bond donors (Lipinski definition) is 2. The molecule has 0 bridgehead atoms. The van der Waals surface area contributed by atoms with Crippen LogP contribution in [-0.4, -0.2) is 47.9 Å². The Kier molecular flexibility index (Phi) is 6.56. The number of ether oxygens (including phenoxy) is 2. The SMILES string of the molecule is COc1cc(C)nc(NC(=O)NS(=O)(=O)c2c(C)nsc2OCC(F)(F)Cl)n1. The number of nitrogens with zero attached hydrogens (tertiary/aromatic N) is 3. The second kappa shape index (κ2) is 8.36. The molecule has 0 aromatic carbocycles. The third-order valence-corrected chi connectivity index (χ3v) is 5.47. The first-order valence-corrected chi connectivity index (χ1v) is 9.94. The van der Waals surface area contributed by atoms with Gasteiger partial charge in [0.25, 0.3) is 10.0 Å². The normalized spacial score (nSPS) is 11.8. The lowest BCUT2D eigenvalue weighted by atomic mass is 10.4. The van der Waals surface area contributed by atoms with E-state index in [-0.39, 0.29) is 17.5 Å². The molecule has 0 radical (unpaired) electrons. The largest absolute Gasteiger partial charge is 0.481 e. The quantitative estimate of drug-likeness (QED) is 0.605. The van der Waals surface area contributed by atoms with Gasteiger partial charge in [0.15, 0.2) is 11.5 Å². The Labute approximate surface area is 167 Å². The van der Waals surface area contributed by atoms with Gasteiger partial charge in [-0.05, 0) is 25.4 Å². The third-order valence-electron chi connectivity index (χ3n) is 2.91. The van der Waals surface area contributed by atoms with E-state index in [2.05, 4.69) is 19.7 Å².